The molecule has 0 unspecified atom stereocenters. The van der Waals surface area contributed by atoms with Crippen LogP contribution >= 0.6 is 0 Å². The highest BCUT2D eigenvalue weighted by Crippen LogP contribution is 2.09. The van der Waals surface area contributed by atoms with Gasteiger partial charge in [0.2, 0.25) is 0 Å². The monoisotopic (exact) mass is 229 g/mol. The van der Waals surface area contributed by atoms with E-state index in [0.29, 0.717) is 0 Å². The van der Waals surface area contributed by atoms with E-state index in [2.05, 4.69) is 53.2 Å². The van der Waals surface area contributed by atoms with Crippen LogP contribution in [-0.2, 0) is 13.1 Å². The molecule has 2 heterocycles. The number of nitrogens with zero attached hydrogens (tertiary/aromatic N) is 2. The normalized spacial score (nSPS) is 12.6. The molecule has 0 fully saturated rings. The molecule has 1 atom stereocenters. The van der Waals surface area contributed by atoms with Gasteiger partial charge < -0.3 is 9.88 Å². The fourth-order valence-electron chi connectivity index (χ4n) is 1.80. The minimum absolute atomic E-state index is 0.279. The maximum Gasteiger partial charge on any atom is 0.0570 e. The van der Waals surface area contributed by atoms with Crippen LogP contribution in [0.3, 0.4) is 0 Å². The summed E-state index contributed by atoms with van der Waals surface area (Å²) in [6, 6.07) is 8.45. The van der Waals surface area contributed by atoms with Gasteiger partial charge in [-0.15, -0.1) is 0 Å². The zero-order valence-corrected chi connectivity index (χ0v) is 10.4. The highest BCUT2D eigenvalue weighted by molar-refractivity contribution is 5.12. The summed E-state index contributed by atoms with van der Waals surface area (Å²) < 4.78 is 2.18. The number of aromatic nitrogens is 2. The van der Waals surface area contributed by atoms with E-state index in [-0.39, 0.29) is 6.04 Å². The fraction of sp³-hybridized carbons (Fsp3) is 0.357. The van der Waals surface area contributed by atoms with Crippen molar-refractivity contribution in [3.8, 4) is 0 Å². The van der Waals surface area contributed by atoms with Crippen molar-refractivity contribution in [2.45, 2.75) is 33.0 Å². The van der Waals surface area contributed by atoms with Gasteiger partial charge in [0.25, 0.3) is 0 Å². The van der Waals surface area contributed by atoms with Crippen LogP contribution in [0.25, 0.3) is 0 Å². The molecule has 0 spiro atoms. The van der Waals surface area contributed by atoms with Crippen LogP contribution in [0, 0.1) is 0 Å². The predicted molar refractivity (Wildman–Crippen MR) is 69.6 cm³/mol. The minimum Gasteiger partial charge on any atom is -0.354 e. The Kier molecular flexibility index (Phi) is 3.94. The molecule has 0 aliphatic carbocycles. The summed E-state index contributed by atoms with van der Waals surface area (Å²) in [7, 11) is 0. The molecule has 0 radical (unpaired) electrons. The third-order valence-corrected chi connectivity index (χ3v) is 2.92. The summed E-state index contributed by atoms with van der Waals surface area (Å²) >= 11 is 0. The van der Waals surface area contributed by atoms with E-state index in [1.807, 2.05) is 18.3 Å². The molecular weight excluding hydrogens is 210 g/mol. The Morgan fingerprint density at radius 2 is 2.24 bits per heavy atom. The Hall–Kier alpha value is -1.61. The minimum atomic E-state index is 0.279. The molecule has 0 aliphatic heterocycles. The zero-order valence-electron chi connectivity index (χ0n) is 10.4. The molecule has 3 heteroatoms. The highest BCUT2D eigenvalue weighted by Gasteiger charge is 2.05. The number of nitrogens with one attached hydrogen (secondary N) is 1. The van der Waals surface area contributed by atoms with E-state index < -0.39 is 0 Å². The number of hydrogen-bond acceptors (Lipinski definition) is 2. The van der Waals surface area contributed by atoms with E-state index in [4.69, 9.17) is 0 Å². The predicted octanol–water partition coefficient (Wildman–Crippen LogP) is 2.75. The molecule has 0 saturated heterocycles. The molecule has 1 N–H and O–H groups in total. The first-order chi connectivity index (χ1) is 8.29. The second-order valence-corrected chi connectivity index (χ2v) is 4.21. The lowest BCUT2D eigenvalue weighted by atomic mass is 10.2. The van der Waals surface area contributed by atoms with Crippen LogP contribution in [0.15, 0.2) is 42.9 Å². The van der Waals surface area contributed by atoms with Crippen LogP contribution < -0.4 is 5.32 Å². The molecule has 2 rings (SSSR count). The Bertz CT molecular complexity index is 448. The first kappa shape index (κ1) is 11.9. The van der Waals surface area contributed by atoms with Crippen molar-refractivity contribution in [1.82, 2.24) is 14.9 Å². The van der Waals surface area contributed by atoms with Gasteiger partial charge in [-0.05, 0) is 37.6 Å². The first-order valence-electron chi connectivity index (χ1n) is 6.08. The standard InChI is InChI=1S/C14H19N3/c1-3-17-9-7-13(11-17)10-16-12(2)14-6-4-5-8-15-14/h4-9,11-12,16H,3,10H2,1-2H3/t12-/m0/s1. The molecule has 0 saturated carbocycles. The lowest BCUT2D eigenvalue weighted by Crippen LogP contribution is -2.18. The molecule has 90 valence electrons. The van der Waals surface area contributed by atoms with E-state index in [0.717, 1.165) is 18.8 Å². The number of aryl methyl sites for hydroxylation is 1. The second kappa shape index (κ2) is 5.64. The molecule has 2 aromatic heterocycles. The Morgan fingerprint density at radius 3 is 2.88 bits per heavy atom. The smallest absolute Gasteiger partial charge is 0.0570 e. The number of hydrogen-bond donors (Lipinski definition) is 1. The summed E-state index contributed by atoms with van der Waals surface area (Å²) in [6.45, 7) is 6.19. The second-order valence-electron chi connectivity index (χ2n) is 4.21. The van der Waals surface area contributed by atoms with Crippen LogP contribution in [0.1, 0.15) is 31.1 Å². The summed E-state index contributed by atoms with van der Waals surface area (Å²) in [5.74, 6) is 0. The molecule has 0 aliphatic rings. The quantitative estimate of drug-likeness (QED) is 0.854. The van der Waals surface area contributed by atoms with Crippen molar-refractivity contribution < 1.29 is 0 Å². The van der Waals surface area contributed by atoms with Crippen LogP contribution in [0.5, 0.6) is 0 Å². The van der Waals surface area contributed by atoms with Gasteiger partial charge in [0.1, 0.15) is 0 Å². The largest absolute Gasteiger partial charge is 0.354 e. The molecule has 2 aromatic rings. The van der Waals surface area contributed by atoms with Gasteiger partial charge in [-0.1, -0.05) is 6.07 Å². The molecule has 17 heavy (non-hydrogen) atoms. The maximum atomic E-state index is 4.34. The summed E-state index contributed by atoms with van der Waals surface area (Å²) in [5.41, 5.74) is 2.40. The highest BCUT2D eigenvalue weighted by atomic mass is 15.0. The summed E-state index contributed by atoms with van der Waals surface area (Å²) in [5, 5.41) is 3.48. The molecule has 3 nitrogen and oxygen atoms in total. The Labute approximate surface area is 103 Å². The van der Waals surface area contributed by atoms with Gasteiger partial charge in [-0.3, -0.25) is 4.98 Å². The molecule has 0 amide bonds. The average Bonchev–Trinajstić information content (AvgIpc) is 2.85. The Morgan fingerprint density at radius 1 is 1.35 bits per heavy atom. The lowest BCUT2D eigenvalue weighted by molar-refractivity contribution is 0.561. The van der Waals surface area contributed by atoms with Gasteiger partial charge in [0, 0.05) is 37.7 Å². The molecule has 0 bridgehead atoms. The SMILES string of the molecule is CCn1ccc(CN[C@@H](C)c2ccccn2)c1. The summed E-state index contributed by atoms with van der Waals surface area (Å²) in [6.07, 6.45) is 6.13. The van der Waals surface area contributed by atoms with Crippen molar-refractivity contribution >= 4 is 0 Å². The van der Waals surface area contributed by atoms with Crippen molar-refractivity contribution in [1.29, 1.82) is 0 Å². The molecule has 0 aromatic carbocycles. The lowest BCUT2D eigenvalue weighted by Gasteiger charge is -2.12. The fourth-order valence-corrected chi connectivity index (χ4v) is 1.80. The van der Waals surface area contributed by atoms with Crippen LogP contribution in [0.4, 0.5) is 0 Å². The van der Waals surface area contributed by atoms with Crippen LogP contribution in [-0.4, -0.2) is 9.55 Å². The average molecular weight is 229 g/mol. The van der Waals surface area contributed by atoms with Gasteiger partial charge in [0.05, 0.1) is 5.69 Å². The number of pyridine rings is 1. The summed E-state index contributed by atoms with van der Waals surface area (Å²) in [4.78, 5) is 4.34. The van der Waals surface area contributed by atoms with E-state index in [1.54, 1.807) is 0 Å². The van der Waals surface area contributed by atoms with Crippen molar-refractivity contribution in [3.05, 3.63) is 54.1 Å². The van der Waals surface area contributed by atoms with Gasteiger partial charge in [0.15, 0.2) is 0 Å². The van der Waals surface area contributed by atoms with Crippen LogP contribution in [0.2, 0.25) is 0 Å². The van der Waals surface area contributed by atoms with Gasteiger partial charge in [-0.2, -0.15) is 0 Å². The maximum absolute atomic E-state index is 4.34. The first-order valence-corrected chi connectivity index (χ1v) is 6.08. The van der Waals surface area contributed by atoms with Gasteiger partial charge >= 0.3 is 0 Å². The third kappa shape index (κ3) is 3.17. The van der Waals surface area contributed by atoms with E-state index in [9.17, 15) is 0 Å². The van der Waals surface area contributed by atoms with Crippen molar-refractivity contribution in [2.24, 2.45) is 0 Å². The molecular formula is C14H19N3. The third-order valence-electron chi connectivity index (χ3n) is 2.92. The number of rotatable bonds is 5. The zero-order chi connectivity index (χ0) is 12.1. The van der Waals surface area contributed by atoms with E-state index >= 15 is 0 Å². The van der Waals surface area contributed by atoms with Gasteiger partial charge in [-0.25, -0.2) is 0 Å². The van der Waals surface area contributed by atoms with E-state index in [1.165, 1.54) is 5.56 Å². The van der Waals surface area contributed by atoms with Crippen molar-refractivity contribution in [3.63, 3.8) is 0 Å². The van der Waals surface area contributed by atoms with Crippen molar-refractivity contribution in [2.75, 3.05) is 0 Å². The topological polar surface area (TPSA) is 29.9 Å². The Balaban J connectivity index is 1.90.